The summed E-state index contributed by atoms with van der Waals surface area (Å²) < 4.78 is 0. The predicted molar refractivity (Wildman–Crippen MR) is 50.9 cm³/mol. The molecule has 1 heterocycles. The lowest BCUT2D eigenvalue weighted by Gasteiger charge is -1.99. The summed E-state index contributed by atoms with van der Waals surface area (Å²) in [7, 11) is 3.66. The van der Waals surface area contributed by atoms with Gasteiger partial charge < -0.3 is 10.0 Å². The highest BCUT2D eigenvalue weighted by Gasteiger charge is 2.06. The van der Waals surface area contributed by atoms with Crippen molar-refractivity contribution in [2.45, 2.75) is 0 Å². The Labute approximate surface area is 79.4 Å². The summed E-state index contributed by atoms with van der Waals surface area (Å²) in [4.78, 5) is 20.2. The molecule has 0 fully saturated rings. The minimum atomic E-state index is -0.969. The first-order valence-electron chi connectivity index (χ1n) is 3.49. The van der Waals surface area contributed by atoms with E-state index in [2.05, 4.69) is 9.98 Å². The molecule has 0 unspecified atom stereocenters. The van der Waals surface area contributed by atoms with Crippen molar-refractivity contribution in [2.24, 2.45) is 4.99 Å². The van der Waals surface area contributed by atoms with Crippen molar-refractivity contribution >= 4 is 28.8 Å². The van der Waals surface area contributed by atoms with Crippen molar-refractivity contribution in [3.05, 3.63) is 11.1 Å². The van der Waals surface area contributed by atoms with Crippen molar-refractivity contribution in [3.8, 4) is 0 Å². The van der Waals surface area contributed by atoms with Gasteiger partial charge in [-0.25, -0.2) is 14.8 Å². The van der Waals surface area contributed by atoms with Gasteiger partial charge in [-0.3, -0.25) is 0 Å². The highest BCUT2D eigenvalue weighted by atomic mass is 32.1. The molecule has 0 atom stereocenters. The zero-order chi connectivity index (χ0) is 9.84. The molecule has 5 nitrogen and oxygen atoms in total. The van der Waals surface area contributed by atoms with Gasteiger partial charge in [-0.1, -0.05) is 11.3 Å². The molecule has 0 amide bonds. The van der Waals surface area contributed by atoms with Crippen molar-refractivity contribution in [2.75, 3.05) is 14.1 Å². The molecule has 0 saturated carbocycles. The van der Waals surface area contributed by atoms with Crippen molar-refractivity contribution < 1.29 is 9.90 Å². The minimum Gasteiger partial charge on any atom is -0.477 e. The highest BCUT2D eigenvalue weighted by Crippen LogP contribution is 2.20. The summed E-state index contributed by atoms with van der Waals surface area (Å²) in [6, 6.07) is 0. The van der Waals surface area contributed by atoms with E-state index in [1.165, 1.54) is 6.20 Å². The number of carboxylic acids is 1. The Hall–Kier alpha value is -1.43. The van der Waals surface area contributed by atoms with Crippen LogP contribution in [0.2, 0.25) is 0 Å². The number of carbonyl (C=O) groups is 1. The Morgan fingerprint density at radius 2 is 2.46 bits per heavy atom. The molecule has 0 aliphatic heterocycles. The molecular weight excluding hydrogens is 190 g/mol. The molecular formula is C7H9N3O2S. The van der Waals surface area contributed by atoms with Gasteiger partial charge in [0.05, 0.1) is 12.5 Å². The first-order valence-corrected chi connectivity index (χ1v) is 4.31. The van der Waals surface area contributed by atoms with Gasteiger partial charge in [0.2, 0.25) is 5.13 Å². The van der Waals surface area contributed by atoms with Crippen LogP contribution in [0, 0.1) is 0 Å². The van der Waals surface area contributed by atoms with Crippen LogP contribution in [0.25, 0.3) is 0 Å². The van der Waals surface area contributed by atoms with Crippen LogP contribution in [0.5, 0.6) is 0 Å². The first kappa shape index (κ1) is 9.66. The summed E-state index contributed by atoms with van der Waals surface area (Å²) in [5, 5.41) is 9.03. The zero-order valence-corrected chi connectivity index (χ0v) is 8.08. The number of aromatic nitrogens is 1. The monoisotopic (exact) mass is 199 g/mol. The van der Waals surface area contributed by atoms with Gasteiger partial charge in [-0.05, 0) is 0 Å². The topological polar surface area (TPSA) is 65.8 Å². The predicted octanol–water partition coefficient (Wildman–Crippen LogP) is 1.06. The molecule has 1 aromatic rings. The van der Waals surface area contributed by atoms with Crippen LogP contribution in [0.4, 0.5) is 5.13 Å². The van der Waals surface area contributed by atoms with Crippen molar-refractivity contribution in [1.29, 1.82) is 0 Å². The molecule has 0 aromatic carbocycles. The Kier molecular flexibility index (Phi) is 2.97. The van der Waals surface area contributed by atoms with E-state index in [4.69, 9.17) is 5.11 Å². The van der Waals surface area contributed by atoms with E-state index in [-0.39, 0.29) is 4.88 Å². The van der Waals surface area contributed by atoms with Gasteiger partial charge in [0, 0.05) is 14.1 Å². The number of carboxylic acid groups (broad SMARTS) is 1. The fourth-order valence-electron chi connectivity index (χ4n) is 0.588. The van der Waals surface area contributed by atoms with Crippen molar-refractivity contribution in [1.82, 2.24) is 9.88 Å². The van der Waals surface area contributed by atoms with Gasteiger partial charge >= 0.3 is 5.97 Å². The second kappa shape index (κ2) is 3.99. The summed E-state index contributed by atoms with van der Waals surface area (Å²) in [6.07, 6.45) is 2.87. The van der Waals surface area contributed by atoms with E-state index in [1.54, 1.807) is 11.2 Å². The third-order valence-corrected chi connectivity index (χ3v) is 2.00. The van der Waals surface area contributed by atoms with Crippen LogP contribution >= 0.6 is 11.3 Å². The maximum absolute atomic E-state index is 10.5. The van der Waals surface area contributed by atoms with E-state index in [0.29, 0.717) is 5.13 Å². The van der Waals surface area contributed by atoms with Crippen LogP contribution in [-0.4, -0.2) is 41.4 Å². The summed E-state index contributed by atoms with van der Waals surface area (Å²) in [5.41, 5.74) is 0. The number of aliphatic imine (C=N–C) groups is 1. The third-order valence-electron chi connectivity index (χ3n) is 1.10. The maximum Gasteiger partial charge on any atom is 0.347 e. The largest absolute Gasteiger partial charge is 0.477 e. The molecule has 0 aliphatic rings. The Morgan fingerprint density at radius 3 is 2.92 bits per heavy atom. The van der Waals surface area contributed by atoms with Crippen LogP contribution in [-0.2, 0) is 0 Å². The number of nitrogens with zero attached hydrogens (tertiary/aromatic N) is 3. The van der Waals surface area contributed by atoms with Crippen LogP contribution < -0.4 is 0 Å². The SMILES string of the molecule is CN(C)/C=N/c1ncc(C(=O)O)s1. The standard InChI is InChI=1S/C7H9N3O2S/c1-10(2)4-9-7-8-3-5(13-7)6(11)12/h3-4H,1-2H3,(H,11,12)/b9-4+. The van der Waals surface area contributed by atoms with Gasteiger partial charge in [-0.2, -0.15) is 0 Å². The lowest BCUT2D eigenvalue weighted by atomic mass is 10.6. The molecule has 1 rings (SSSR count). The van der Waals surface area contributed by atoms with Crippen molar-refractivity contribution in [3.63, 3.8) is 0 Å². The fraction of sp³-hybridized carbons (Fsp3) is 0.286. The van der Waals surface area contributed by atoms with Gasteiger partial charge in [0.25, 0.3) is 0 Å². The smallest absolute Gasteiger partial charge is 0.347 e. The second-order valence-electron chi connectivity index (χ2n) is 2.52. The number of hydrogen-bond donors (Lipinski definition) is 1. The minimum absolute atomic E-state index is 0.200. The molecule has 1 N–H and O–H groups in total. The molecule has 0 radical (unpaired) electrons. The normalized spacial score (nSPS) is 10.6. The van der Waals surface area contributed by atoms with E-state index in [0.717, 1.165) is 11.3 Å². The third kappa shape index (κ3) is 2.83. The number of hydrogen-bond acceptors (Lipinski definition) is 4. The molecule has 0 spiro atoms. The second-order valence-corrected chi connectivity index (χ2v) is 3.53. The molecule has 1 aromatic heterocycles. The quantitative estimate of drug-likeness (QED) is 0.584. The van der Waals surface area contributed by atoms with Gasteiger partial charge in [0.1, 0.15) is 4.88 Å². The molecule has 0 saturated heterocycles. The lowest BCUT2D eigenvalue weighted by Crippen LogP contribution is -2.06. The lowest BCUT2D eigenvalue weighted by molar-refractivity contribution is 0.0702. The van der Waals surface area contributed by atoms with Gasteiger partial charge in [-0.15, -0.1) is 0 Å². The number of thiazole rings is 1. The van der Waals surface area contributed by atoms with Crippen LogP contribution in [0.1, 0.15) is 9.67 Å². The molecule has 0 bridgehead atoms. The summed E-state index contributed by atoms with van der Waals surface area (Å²) >= 11 is 1.05. The summed E-state index contributed by atoms with van der Waals surface area (Å²) in [6.45, 7) is 0. The molecule has 0 aliphatic carbocycles. The average Bonchev–Trinajstić information content (AvgIpc) is 2.48. The Morgan fingerprint density at radius 1 is 1.77 bits per heavy atom. The molecule has 6 heteroatoms. The number of rotatable bonds is 3. The first-order chi connectivity index (χ1) is 6.09. The van der Waals surface area contributed by atoms with E-state index in [9.17, 15) is 4.79 Å². The average molecular weight is 199 g/mol. The Bertz CT molecular complexity index is 332. The molecule has 70 valence electrons. The van der Waals surface area contributed by atoms with Crippen LogP contribution in [0.3, 0.4) is 0 Å². The van der Waals surface area contributed by atoms with E-state index < -0.39 is 5.97 Å². The van der Waals surface area contributed by atoms with Crippen LogP contribution in [0.15, 0.2) is 11.2 Å². The van der Waals surface area contributed by atoms with Gasteiger partial charge in [0.15, 0.2) is 0 Å². The summed E-state index contributed by atoms with van der Waals surface area (Å²) in [5.74, 6) is -0.969. The van der Waals surface area contributed by atoms with E-state index in [1.807, 2.05) is 14.1 Å². The Balaban J connectivity index is 2.75. The maximum atomic E-state index is 10.5. The zero-order valence-electron chi connectivity index (χ0n) is 7.26. The molecule has 13 heavy (non-hydrogen) atoms. The number of aromatic carboxylic acids is 1. The van der Waals surface area contributed by atoms with E-state index >= 15 is 0 Å². The highest BCUT2D eigenvalue weighted by molar-refractivity contribution is 7.17. The fourth-order valence-corrected chi connectivity index (χ4v) is 1.18.